The van der Waals surface area contributed by atoms with Crippen LogP contribution in [0.5, 0.6) is 5.75 Å². The molecule has 0 radical (unpaired) electrons. The van der Waals surface area contributed by atoms with E-state index in [-0.39, 0.29) is 18.1 Å². The van der Waals surface area contributed by atoms with Gasteiger partial charge in [-0.25, -0.2) is 0 Å². The van der Waals surface area contributed by atoms with Gasteiger partial charge in [-0.2, -0.15) is 0 Å². The lowest BCUT2D eigenvalue weighted by Gasteiger charge is -2.22. The van der Waals surface area contributed by atoms with Gasteiger partial charge in [0.25, 0.3) is 5.91 Å². The first-order chi connectivity index (χ1) is 10.1. The minimum atomic E-state index is -0.271. The summed E-state index contributed by atoms with van der Waals surface area (Å²) in [6.45, 7) is 12.2. The van der Waals surface area contributed by atoms with Crippen LogP contribution in [0, 0.1) is 6.92 Å². The fraction of sp³-hybridized carbons (Fsp3) is 0.529. The van der Waals surface area contributed by atoms with Crippen molar-refractivity contribution in [1.82, 2.24) is 10.6 Å². The van der Waals surface area contributed by atoms with Crippen molar-refractivity contribution in [3.63, 3.8) is 0 Å². The number of hydrogen-bond donors (Lipinski definition) is 2. The van der Waals surface area contributed by atoms with Crippen molar-refractivity contribution in [2.75, 3.05) is 6.61 Å². The Kier molecular flexibility index (Phi) is 6.35. The lowest BCUT2D eigenvalue weighted by Crippen LogP contribution is -2.49. The summed E-state index contributed by atoms with van der Waals surface area (Å²) in [5, 5.41) is 5.94. The lowest BCUT2D eigenvalue weighted by atomic mass is 9.98. The van der Waals surface area contributed by atoms with Crippen LogP contribution < -0.4 is 15.4 Å². The van der Waals surface area contributed by atoms with E-state index in [0.29, 0.717) is 16.8 Å². The first-order valence-electron chi connectivity index (χ1n) is 7.44. The van der Waals surface area contributed by atoms with Crippen LogP contribution in [-0.4, -0.2) is 23.2 Å². The number of ether oxygens (including phenoxy) is 1. The van der Waals surface area contributed by atoms with E-state index in [1.807, 2.05) is 45.9 Å². The number of thiocarbonyl (C=S) groups is 1. The first kappa shape index (κ1) is 18.4. The maximum absolute atomic E-state index is 11.8. The van der Waals surface area contributed by atoms with Gasteiger partial charge in [-0.15, -0.1) is 0 Å². The highest BCUT2D eigenvalue weighted by atomic mass is 32.1. The third-order valence-electron chi connectivity index (χ3n) is 2.97. The molecule has 0 fully saturated rings. The minimum absolute atomic E-state index is 0.0631. The van der Waals surface area contributed by atoms with E-state index in [0.717, 1.165) is 5.56 Å². The van der Waals surface area contributed by atoms with Crippen molar-refractivity contribution in [2.24, 2.45) is 0 Å². The fourth-order valence-corrected chi connectivity index (χ4v) is 2.49. The second kappa shape index (κ2) is 7.58. The standard InChI is InChI=1S/C17H26N2O2S/c1-11(2)14-8-7-13(9-12(14)3)21-10-15(20)18-16(22)19-17(4,5)6/h7-9,11H,10H2,1-6H3,(H2,18,19,20,22). The largest absolute Gasteiger partial charge is 0.484 e. The molecular weight excluding hydrogens is 296 g/mol. The first-order valence-corrected chi connectivity index (χ1v) is 7.84. The molecule has 1 aromatic rings. The van der Waals surface area contributed by atoms with Crippen LogP contribution in [0.3, 0.4) is 0 Å². The van der Waals surface area contributed by atoms with E-state index >= 15 is 0 Å². The second-order valence-corrected chi connectivity index (χ2v) is 7.12. The van der Waals surface area contributed by atoms with Crippen LogP contribution in [0.25, 0.3) is 0 Å². The molecule has 0 aliphatic heterocycles. The molecule has 2 N–H and O–H groups in total. The maximum atomic E-state index is 11.8. The molecule has 0 aliphatic rings. The highest BCUT2D eigenvalue weighted by Crippen LogP contribution is 2.23. The van der Waals surface area contributed by atoms with Crippen LogP contribution in [0.2, 0.25) is 0 Å². The van der Waals surface area contributed by atoms with Gasteiger partial charge in [0.2, 0.25) is 0 Å². The molecule has 0 saturated carbocycles. The molecule has 0 unspecified atom stereocenters. The number of rotatable bonds is 4. The summed E-state index contributed by atoms with van der Waals surface area (Å²) in [4.78, 5) is 11.8. The predicted molar refractivity (Wildman–Crippen MR) is 94.4 cm³/mol. The number of carbonyl (C=O) groups is 1. The van der Waals surface area contributed by atoms with Gasteiger partial charge in [0.1, 0.15) is 5.75 Å². The number of amides is 1. The normalized spacial score (nSPS) is 11.2. The monoisotopic (exact) mass is 322 g/mol. The zero-order valence-corrected chi connectivity index (χ0v) is 15.1. The van der Waals surface area contributed by atoms with Crippen LogP contribution >= 0.6 is 12.2 Å². The molecule has 22 heavy (non-hydrogen) atoms. The summed E-state index contributed by atoms with van der Waals surface area (Å²) < 4.78 is 5.51. The molecule has 5 heteroatoms. The van der Waals surface area contributed by atoms with Gasteiger partial charge in [0.15, 0.2) is 11.7 Å². The van der Waals surface area contributed by atoms with E-state index in [4.69, 9.17) is 17.0 Å². The number of aryl methyl sites for hydroxylation is 1. The Bertz CT molecular complexity index is 548. The topological polar surface area (TPSA) is 50.4 Å². The van der Waals surface area contributed by atoms with Crippen molar-refractivity contribution in [1.29, 1.82) is 0 Å². The molecule has 4 nitrogen and oxygen atoms in total. The molecule has 0 bridgehead atoms. The zero-order chi connectivity index (χ0) is 16.9. The van der Waals surface area contributed by atoms with Gasteiger partial charge in [0.05, 0.1) is 0 Å². The Hall–Kier alpha value is -1.62. The van der Waals surface area contributed by atoms with E-state index < -0.39 is 0 Å². The fourth-order valence-electron chi connectivity index (χ4n) is 2.07. The molecule has 0 heterocycles. The molecule has 1 aromatic carbocycles. The Morgan fingerprint density at radius 1 is 1.32 bits per heavy atom. The SMILES string of the molecule is Cc1cc(OCC(=O)NC(=S)NC(C)(C)C)ccc1C(C)C. The van der Waals surface area contributed by atoms with Gasteiger partial charge in [0, 0.05) is 5.54 Å². The zero-order valence-electron chi connectivity index (χ0n) is 14.2. The molecular formula is C17H26N2O2S. The Labute approximate surface area is 138 Å². The highest BCUT2D eigenvalue weighted by Gasteiger charge is 2.13. The van der Waals surface area contributed by atoms with Crippen molar-refractivity contribution < 1.29 is 9.53 Å². The minimum Gasteiger partial charge on any atom is -0.484 e. The third kappa shape index (κ3) is 6.43. The maximum Gasteiger partial charge on any atom is 0.264 e. The van der Waals surface area contributed by atoms with Crippen LogP contribution in [0.4, 0.5) is 0 Å². The molecule has 0 aromatic heterocycles. The highest BCUT2D eigenvalue weighted by molar-refractivity contribution is 7.80. The quantitative estimate of drug-likeness (QED) is 0.835. The molecule has 0 saturated heterocycles. The van der Waals surface area contributed by atoms with Gasteiger partial charge in [-0.3, -0.25) is 4.79 Å². The van der Waals surface area contributed by atoms with Gasteiger partial charge < -0.3 is 15.4 Å². The van der Waals surface area contributed by atoms with E-state index in [9.17, 15) is 4.79 Å². The summed E-state index contributed by atoms with van der Waals surface area (Å²) in [5.74, 6) is 0.886. The Morgan fingerprint density at radius 3 is 2.45 bits per heavy atom. The molecule has 122 valence electrons. The summed E-state index contributed by atoms with van der Waals surface area (Å²) in [6, 6.07) is 5.88. The average molecular weight is 322 g/mol. The molecule has 1 amide bonds. The Morgan fingerprint density at radius 2 is 1.95 bits per heavy atom. The second-order valence-electron chi connectivity index (χ2n) is 6.71. The van der Waals surface area contributed by atoms with Crippen LogP contribution in [0.1, 0.15) is 51.7 Å². The van der Waals surface area contributed by atoms with Gasteiger partial charge in [-0.05, 0) is 69.1 Å². The number of nitrogens with one attached hydrogen (secondary N) is 2. The predicted octanol–water partition coefficient (Wildman–Crippen LogP) is 3.29. The summed E-state index contributed by atoms with van der Waals surface area (Å²) in [6.07, 6.45) is 0. The van der Waals surface area contributed by atoms with Gasteiger partial charge >= 0.3 is 0 Å². The van der Waals surface area contributed by atoms with Crippen molar-refractivity contribution in [2.45, 2.75) is 53.0 Å². The van der Waals surface area contributed by atoms with Crippen molar-refractivity contribution in [3.8, 4) is 5.75 Å². The Balaban J connectivity index is 2.51. The summed E-state index contributed by atoms with van der Waals surface area (Å²) >= 11 is 5.08. The van der Waals surface area contributed by atoms with E-state index in [1.165, 1.54) is 5.56 Å². The number of benzene rings is 1. The van der Waals surface area contributed by atoms with Crippen LogP contribution in [0.15, 0.2) is 18.2 Å². The number of hydrogen-bond acceptors (Lipinski definition) is 3. The van der Waals surface area contributed by atoms with E-state index in [1.54, 1.807) is 0 Å². The smallest absolute Gasteiger partial charge is 0.264 e. The van der Waals surface area contributed by atoms with Crippen molar-refractivity contribution >= 4 is 23.2 Å². The van der Waals surface area contributed by atoms with Crippen LogP contribution in [-0.2, 0) is 4.79 Å². The van der Waals surface area contributed by atoms with Gasteiger partial charge in [-0.1, -0.05) is 19.9 Å². The average Bonchev–Trinajstić information content (AvgIpc) is 2.33. The van der Waals surface area contributed by atoms with E-state index in [2.05, 4.69) is 24.5 Å². The molecule has 1 rings (SSSR count). The molecule has 0 aliphatic carbocycles. The molecule has 0 atom stereocenters. The number of carbonyl (C=O) groups excluding carboxylic acids is 1. The lowest BCUT2D eigenvalue weighted by molar-refractivity contribution is -0.121. The molecule has 0 spiro atoms. The summed E-state index contributed by atoms with van der Waals surface area (Å²) in [5.41, 5.74) is 2.26. The third-order valence-corrected chi connectivity index (χ3v) is 3.18. The summed E-state index contributed by atoms with van der Waals surface area (Å²) in [7, 11) is 0. The van der Waals surface area contributed by atoms with Crippen molar-refractivity contribution in [3.05, 3.63) is 29.3 Å².